The normalized spacial score (nSPS) is 10.1. The van der Waals surface area contributed by atoms with Gasteiger partial charge in [-0.1, -0.05) is 6.07 Å². The first-order chi connectivity index (χ1) is 7.66. The molecule has 0 aliphatic carbocycles. The molecule has 0 saturated heterocycles. The summed E-state index contributed by atoms with van der Waals surface area (Å²) in [5, 5.41) is 3.09. The molecule has 0 heterocycles. The van der Waals surface area contributed by atoms with E-state index in [0.717, 1.165) is 6.42 Å². The lowest BCUT2D eigenvalue weighted by atomic mass is 10.1. The van der Waals surface area contributed by atoms with Crippen molar-refractivity contribution < 1.29 is 9.53 Å². The molecule has 5 nitrogen and oxygen atoms in total. The molecule has 0 unspecified atom stereocenters. The number of nitrogens with two attached hydrogens (primary N) is 2. The van der Waals surface area contributed by atoms with Crippen LogP contribution in [0.1, 0.15) is 16.8 Å². The summed E-state index contributed by atoms with van der Waals surface area (Å²) in [5.74, 6) is -0.485. The number of methoxy groups -OCH3 is 1. The van der Waals surface area contributed by atoms with Gasteiger partial charge in [0.1, 0.15) is 0 Å². The number of ether oxygens (including phenoxy) is 1. The van der Waals surface area contributed by atoms with E-state index in [1.165, 1.54) is 0 Å². The summed E-state index contributed by atoms with van der Waals surface area (Å²) in [7, 11) is 1.64. The van der Waals surface area contributed by atoms with E-state index in [-0.39, 0.29) is 0 Å². The van der Waals surface area contributed by atoms with Crippen LogP contribution in [-0.2, 0) is 4.74 Å². The molecule has 5 heteroatoms. The predicted molar refractivity (Wildman–Crippen MR) is 64.4 cm³/mol. The zero-order valence-corrected chi connectivity index (χ0v) is 9.32. The maximum absolute atomic E-state index is 11.2. The highest BCUT2D eigenvalue weighted by Crippen LogP contribution is 2.22. The molecular formula is C11H17N3O2. The van der Waals surface area contributed by atoms with Gasteiger partial charge in [0.15, 0.2) is 0 Å². The van der Waals surface area contributed by atoms with Gasteiger partial charge in [-0.15, -0.1) is 0 Å². The highest BCUT2D eigenvalue weighted by molar-refractivity contribution is 6.01. The number of carbonyl (C=O) groups excluding carboxylic acids is 1. The van der Waals surface area contributed by atoms with Gasteiger partial charge in [0, 0.05) is 20.3 Å². The highest BCUT2D eigenvalue weighted by atomic mass is 16.5. The number of amides is 1. The fourth-order valence-corrected chi connectivity index (χ4v) is 1.40. The lowest BCUT2D eigenvalue weighted by Crippen LogP contribution is -2.16. The van der Waals surface area contributed by atoms with Crippen molar-refractivity contribution in [1.82, 2.24) is 0 Å². The van der Waals surface area contributed by atoms with Crippen LogP contribution in [0.4, 0.5) is 11.4 Å². The first kappa shape index (κ1) is 12.3. The lowest BCUT2D eigenvalue weighted by molar-refractivity contribution is 0.100. The van der Waals surface area contributed by atoms with Gasteiger partial charge in [0.25, 0.3) is 5.91 Å². The Balaban J connectivity index is 2.73. The van der Waals surface area contributed by atoms with Crippen LogP contribution >= 0.6 is 0 Å². The van der Waals surface area contributed by atoms with E-state index in [2.05, 4.69) is 5.32 Å². The molecule has 1 aromatic carbocycles. The SMILES string of the molecule is COCCCNc1c(N)cccc1C(N)=O. The molecule has 0 bridgehead atoms. The molecule has 0 atom stereocenters. The number of rotatable bonds is 6. The van der Waals surface area contributed by atoms with Crippen LogP contribution in [0.5, 0.6) is 0 Å². The molecule has 0 aromatic heterocycles. The summed E-state index contributed by atoms with van der Waals surface area (Å²) in [6.45, 7) is 1.34. The second-order valence-electron chi connectivity index (χ2n) is 3.41. The largest absolute Gasteiger partial charge is 0.397 e. The molecule has 0 radical (unpaired) electrons. The Hall–Kier alpha value is -1.75. The van der Waals surface area contributed by atoms with Crippen molar-refractivity contribution in [2.24, 2.45) is 5.73 Å². The smallest absolute Gasteiger partial charge is 0.250 e. The molecule has 1 rings (SSSR count). The first-order valence-electron chi connectivity index (χ1n) is 5.08. The summed E-state index contributed by atoms with van der Waals surface area (Å²) < 4.78 is 4.92. The average Bonchev–Trinajstić information content (AvgIpc) is 2.25. The molecule has 0 aliphatic rings. The molecule has 1 aromatic rings. The number of anilines is 2. The van der Waals surface area contributed by atoms with Gasteiger partial charge in [0.05, 0.1) is 16.9 Å². The molecule has 0 saturated carbocycles. The molecule has 88 valence electrons. The average molecular weight is 223 g/mol. The topological polar surface area (TPSA) is 90.4 Å². The van der Waals surface area contributed by atoms with Crippen LogP contribution in [0, 0.1) is 0 Å². The molecule has 1 amide bonds. The van der Waals surface area contributed by atoms with E-state index in [4.69, 9.17) is 16.2 Å². The number of para-hydroxylation sites is 1. The summed E-state index contributed by atoms with van der Waals surface area (Å²) in [6.07, 6.45) is 0.836. The van der Waals surface area contributed by atoms with Gasteiger partial charge in [-0.25, -0.2) is 0 Å². The minimum Gasteiger partial charge on any atom is -0.397 e. The van der Waals surface area contributed by atoms with Crippen molar-refractivity contribution in [3.8, 4) is 0 Å². The summed E-state index contributed by atoms with van der Waals surface area (Å²) in [4.78, 5) is 11.2. The number of hydrogen-bond acceptors (Lipinski definition) is 4. The summed E-state index contributed by atoms with van der Waals surface area (Å²) in [6, 6.07) is 5.08. The number of nitrogen functional groups attached to an aromatic ring is 1. The molecule has 0 aliphatic heterocycles. The van der Waals surface area contributed by atoms with Gasteiger partial charge in [-0.2, -0.15) is 0 Å². The lowest BCUT2D eigenvalue weighted by Gasteiger charge is -2.12. The van der Waals surface area contributed by atoms with Gasteiger partial charge < -0.3 is 21.5 Å². The third kappa shape index (κ3) is 3.13. The Morgan fingerprint density at radius 3 is 2.88 bits per heavy atom. The van der Waals surface area contributed by atoms with Crippen molar-refractivity contribution >= 4 is 17.3 Å². The van der Waals surface area contributed by atoms with Crippen LogP contribution < -0.4 is 16.8 Å². The minimum absolute atomic E-state index is 0.414. The molecular weight excluding hydrogens is 206 g/mol. The van der Waals surface area contributed by atoms with E-state index in [1.54, 1.807) is 25.3 Å². The van der Waals surface area contributed by atoms with Crippen LogP contribution in [0.15, 0.2) is 18.2 Å². The maximum Gasteiger partial charge on any atom is 0.250 e. The van der Waals surface area contributed by atoms with E-state index < -0.39 is 5.91 Å². The summed E-state index contributed by atoms with van der Waals surface area (Å²) in [5.41, 5.74) is 12.6. The fourth-order valence-electron chi connectivity index (χ4n) is 1.40. The third-order valence-electron chi connectivity index (χ3n) is 2.19. The monoisotopic (exact) mass is 223 g/mol. The van der Waals surface area contributed by atoms with Crippen molar-refractivity contribution in [3.63, 3.8) is 0 Å². The summed E-state index contributed by atoms with van der Waals surface area (Å²) >= 11 is 0. The van der Waals surface area contributed by atoms with Gasteiger partial charge in [-0.3, -0.25) is 4.79 Å². The number of nitrogens with one attached hydrogen (secondary N) is 1. The Kier molecular flexibility index (Phi) is 4.60. The van der Waals surface area contributed by atoms with Crippen LogP contribution in [0.25, 0.3) is 0 Å². The van der Waals surface area contributed by atoms with Crippen molar-refractivity contribution in [2.45, 2.75) is 6.42 Å². The zero-order chi connectivity index (χ0) is 12.0. The second kappa shape index (κ2) is 5.97. The second-order valence-corrected chi connectivity index (χ2v) is 3.41. The van der Waals surface area contributed by atoms with Gasteiger partial charge >= 0.3 is 0 Å². The Morgan fingerprint density at radius 2 is 2.25 bits per heavy atom. The van der Waals surface area contributed by atoms with E-state index >= 15 is 0 Å². The third-order valence-corrected chi connectivity index (χ3v) is 2.19. The number of benzene rings is 1. The predicted octanol–water partition coefficient (Wildman–Crippen LogP) is 0.816. The van der Waals surface area contributed by atoms with Crippen molar-refractivity contribution in [3.05, 3.63) is 23.8 Å². The van der Waals surface area contributed by atoms with Crippen molar-refractivity contribution in [1.29, 1.82) is 0 Å². The minimum atomic E-state index is -0.485. The van der Waals surface area contributed by atoms with Crippen LogP contribution in [0.2, 0.25) is 0 Å². The Morgan fingerprint density at radius 1 is 1.50 bits per heavy atom. The number of primary amides is 1. The zero-order valence-electron chi connectivity index (χ0n) is 9.32. The first-order valence-corrected chi connectivity index (χ1v) is 5.08. The van der Waals surface area contributed by atoms with Gasteiger partial charge in [-0.05, 0) is 18.6 Å². The molecule has 16 heavy (non-hydrogen) atoms. The molecule has 0 fully saturated rings. The van der Waals surface area contributed by atoms with Crippen LogP contribution in [0.3, 0.4) is 0 Å². The Bertz CT molecular complexity index is 366. The van der Waals surface area contributed by atoms with Crippen molar-refractivity contribution in [2.75, 3.05) is 31.3 Å². The van der Waals surface area contributed by atoms with E-state index in [0.29, 0.717) is 30.1 Å². The van der Waals surface area contributed by atoms with Gasteiger partial charge in [0.2, 0.25) is 0 Å². The fraction of sp³-hybridized carbons (Fsp3) is 0.364. The highest BCUT2D eigenvalue weighted by Gasteiger charge is 2.09. The number of carbonyl (C=O) groups is 1. The van der Waals surface area contributed by atoms with Crippen LogP contribution in [-0.4, -0.2) is 26.2 Å². The quantitative estimate of drug-likeness (QED) is 0.492. The maximum atomic E-state index is 11.2. The standard InChI is InChI=1S/C11H17N3O2/c1-16-7-3-6-14-10-8(11(13)15)4-2-5-9(10)12/h2,4-5,14H,3,6-7,12H2,1H3,(H2,13,15). The molecule has 5 N–H and O–H groups in total. The Labute approximate surface area is 94.8 Å². The number of hydrogen-bond donors (Lipinski definition) is 3. The van der Waals surface area contributed by atoms with E-state index in [1.807, 2.05) is 0 Å². The van der Waals surface area contributed by atoms with E-state index in [9.17, 15) is 4.79 Å². The molecule has 0 spiro atoms.